The van der Waals surface area contributed by atoms with E-state index in [2.05, 4.69) is 26.1 Å². The Bertz CT molecular complexity index is 341. The first kappa shape index (κ1) is 21.4. The maximum absolute atomic E-state index is 11.7. The number of ether oxygens (including phenoxy) is 2. The predicted molar refractivity (Wildman–Crippen MR) is 92.0 cm³/mol. The van der Waals surface area contributed by atoms with E-state index in [-0.39, 0.29) is 28.6 Å². The van der Waals surface area contributed by atoms with Crippen molar-refractivity contribution in [3.8, 4) is 0 Å². The van der Waals surface area contributed by atoms with Gasteiger partial charge >= 0.3 is 0 Å². The van der Waals surface area contributed by atoms with E-state index >= 15 is 0 Å². The summed E-state index contributed by atoms with van der Waals surface area (Å²) in [7, 11) is 0. The van der Waals surface area contributed by atoms with Crippen LogP contribution in [0.2, 0.25) is 0 Å². The zero-order valence-corrected chi connectivity index (χ0v) is 16.1. The Morgan fingerprint density at radius 3 is 1.86 bits per heavy atom. The first-order valence-electron chi connectivity index (χ1n) is 8.30. The van der Waals surface area contributed by atoms with Crippen LogP contribution in [0.15, 0.2) is 0 Å². The highest BCUT2D eigenvalue weighted by Crippen LogP contribution is 2.23. The van der Waals surface area contributed by atoms with E-state index in [1.807, 2.05) is 41.5 Å². The van der Waals surface area contributed by atoms with Gasteiger partial charge in [-0.05, 0) is 53.4 Å². The lowest BCUT2D eigenvalue weighted by Crippen LogP contribution is -2.39. The van der Waals surface area contributed by atoms with Crippen LogP contribution in [0, 0.1) is 5.41 Å². The second-order valence-corrected chi connectivity index (χ2v) is 8.88. The summed E-state index contributed by atoms with van der Waals surface area (Å²) in [5.74, 6) is 0.0786. The molecule has 0 aliphatic rings. The molecule has 4 heteroatoms. The Hall–Kier alpha value is -0.610. The minimum Gasteiger partial charge on any atom is -0.373 e. The molecule has 0 aliphatic heterocycles. The number of carbonyl (C=O) groups is 1. The summed E-state index contributed by atoms with van der Waals surface area (Å²) in [4.78, 5) is 11.7. The molecule has 0 bridgehead atoms. The summed E-state index contributed by atoms with van der Waals surface area (Å²) in [5.41, 5.74) is -0.525. The number of rotatable bonds is 9. The Kier molecular flexibility index (Phi) is 8.07. The molecule has 1 N–H and O–H groups in total. The number of carbonyl (C=O) groups excluding carboxylic acids is 1. The van der Waals surface area contributed by atoms with Gasteiger partial charge in [0, 0.05) is 12.5 Å². The standard InChI is InChI=1S/C18H37NO3/c1-14(2)19-15(20)10-11-17(6,7)22-13-18(8,9)21-12-16(3,4)5/h14H,10-13H2,1-9H3,(H,19,20). The molecule has 0 heterocycles. The van der Waals surface area contributed by atoms with Gasteiger partial charge in [0.15, 0.2) is 0 Å². The fraction of sp³-hybridized carbons (Fsp3) is 0.944. The fourth-order valence-electron chi connectivity index (χ4n) is 1.70. The molecule has 0 fully saturated rings. The molecule has 0 spiro atoms. The van der Waals surface area contributed by atoms with Crippen molar-refractivity contribution < 1.29 is 14.3 Å². The van der Waals surface area contributed by atoms with Crippen molar-refractivity contribution in [3.05, 3.63) is 0 Å². The highest BCUT2D eigenvalue weighted by Gasteiger charge is 2.27. The summed E-state index contributed by atoms with van der Waals surface area (Å²) in [6.45, 7) is 19.7. The molecule has 0 aromatic heterocycles. The predicted octanol–water partition coefficient (Wildman–Crippen LogP) is 3.93. The summed E-state index contributed by atoms with van der Waals surface area (Å²) < 4.78 is 12.0. The first-order valence-corrected chi connectivity index (χ1v) is 8.30. The van der Waals surface area contributed by atoms with E-state index < -0.39 is 0 Å². The Morgan fingerprint density at radius 1 is 0.909 bits per heavy atom. The number of hydrogen-bond donors (Lipinski definition) is 1. The second-order valence-electron chi connectivity index (χ2n) is 8.88. The monoisotopic (exact) mass is 315 g/mol. The van der Waals surface area contributed by atoms with Gasteiger partial charge in [-0.3, -0.25) is 4.79 Å². The van der Waals surface area contributed by atoms with E-state index in [9.17, 15) is 4.79 Å². The van der Waals surface area contributed by atoms with Gasteiger partial charge < -0.3 is 14.8 Å². The minimum absolute atomic E-state index is 0.0786. The third-order valence-corrected chi connectivity index (χ3v) is 3.11. The number of nitrogens with one attached hydrogen (secondary N) is 1. The van der Waals surface area contributed by atoms with Crippen LogP contribution in [-0.2, 0) is 14.3 Å². The van der Waals surface area contributed by atoms with E-state index in [0.717, 1.165) is 0 Å². The average Bonchev–Trinajstić information content (AvgIpc) is 2.31. The highest BCUT2D eigenvalue weighted by molar-refractivity contribution is 5.76. The second kappa shape index (κ2) is 8.30. The molecule has 0 aromatic carbocycles. The van der Waals surface area contributed by atoms with Gasteiger partial charge in [-0.2, -0.15) is 0 Å². The average molecular weight is 315 g/mol. The molecule has 0 saturated carbocycles. The molecule has 0 rings (SSSR count). The van der Waals surface area contributed by atoms with Crippen molar-refractivity contribution in [2.45, 2.75) is 92.4 Å². The van der Waals surface area contributed by atoms with Gasteiger partial charge in [0.2, 0.25) is 5.91 Å². The Labute approximate surface area is 137 Å². The smallest absolute Gasteiger partial charge is 0.220 e. The van der Waals surface area contributed by atoms with Crippen LogP contribution >= 0.6 is 0 Å². The summed E-state index contributed by atoms with van der Waals surface area (Å²) >= 11 is 0. The third kappa shape index (κ3) is 12.0. The molecular formula is C18H37NO3. The van der Waals surface area contributed by atoms with Gasteiger partial charge in [0.05, 0.1) is 24.4 Å². The van der Waals surface area contributed by atoms with Crippen LogP contribution in [0.3, 0.4) is 0 Å². The van der Waals surface area contributed by atoms with Gasteiger partial charge in [-0.1, -0.05) is 20.8 Å². The van der Waals surface area contributed by atoms with Crippen molar-refractivity contribution in [2.75, 3.05) is 13.2 Å². The molecule has 0 radical (unpaired) electrons. The quantitative estimate of drug-likeness (QED) is 0.701. The topological polar surface area (TPSA) is 47.6 Å². The van der Waals surface area contributed by atoms with Crippen molar-refractivity contribution in [2.24, 2.45) is 5.41 Å². The van der Waals surface area contributed by atoms with E-state index in [1.165, 1.54) is 0 Å². The number of amides is 1. The van der Waals surface area contributed by atoms with Crippen LogP contribution in [0.4, 0.5) is 0 Å². The maximum Gasteiger partial charge on any atom is 0.220 e. The lowest BCUT2D eigenvalue weighted by molar-refractivity contribution is -0.137. The van der Waals surface area contributed by atoms with Crippen molar-refractivity contribution in [3.63, 3.8) is 0 Å². The van der Waals surface area contributed by atoms with Crippen LogP contribution in [0.5, 0.6) is 0 Å². The molecular weight excluding hydrogens is 278 g/mol. The Balaban J connectivity index is 4.21. The largest absolute Gasteiger partial charge is 0.373 e. The van der Waals surface area contributed by atoms with Crippen molar-refractivity contribution >= 4 is 5.91 Å². The molecule has 0 aliphatic carbocycles. The third-order valence-electron chi connectivity index (χ3n) is 3.11. The SMILES string of the molecule is CC(C)NC(=O)CCC(C)(C)OCC(C)(C)OCC(C)(C)C. The summed E-state index contributed by atoms with van der Waals surface area (Å²) in [6.07, 6.45) is 1.18. The van der Waals surface area contributed by atoms with Crippen molar-refractivity contribution in [1.82, 2.24) is 5.32 Å². The molecule has 0 saturated heterocycles. The summed E-state index contributed by atoms with van der Waals surface area (Å²) in [5, 5.41) is 2.91. The zero-order valence-electron chi connectivity index (χ0n) is 16.1. The van der Waals surface area contributed by atoms with E-state index in [4.69, 9.17) is 9.47 Å². The fourth-order valence-corrected chi connectivity index (χ4v) is 1.70. The molecule has 4 nitrogen and oxygen atoms in total. The minimum atomic E-state index is -0.337. The summed E-state index contributed by atoms with van der Waals surface area (Å²) in [6, 6.07) is 0.182. The Morgan fingerprint density at radius 2 is 1.41 bits per heavy atom. The maximum atomic E-state index is 11.7. The zero-order chi connectivity index (χ0) is 17.6. The van der Waals surface area contributed by atoms with Crippen LogP contribution in [-0.4, -0.2) is 36.4 Å². The van der Waals surface area contributed by atoms with Crippen LogP contribution in [0.1, 0.15) is 75.2 Å². The molecule has 0 unspecified atom stereocenters. The van der Waals surface area contributed by atoms with Gasteiger partial charge in [0.1, 0.15) is 0 Å². The molecule has 0 atom stereocenters. The first-order chi connectivity index (χ1) is 9.72. The molecule has 0 aromatic rings. The lowest BCUT2D eigenvalue weighted by atomic mass is 9.98. The van der Waals surface area contributed by atoms with Crippen LogP contribution in [0.25, 0.3) is 0 Å². The molecule has 1 amide bonds. The molecule has 22 heavy (non-hydrogen) atoms. The molecule has 132 valence electrons. The van der Waals surface area contributed by atoms with Crippen molar-refractivity contribution in [1.29, 1.82) is 0 Å². The normalized spacial score (nSPS) is 13.5. The number of hydrogen-bond acceptors (Lipinski definition) is 3. The van der Waals surface area contributed by atoms with E-state index in [0.29, 0.717) is 26.1 Å². The van der Waals surface area contributed by atoms with E-state index in [1.54, 1.807) is 0 Å². The van der Waals surface area contributed by atoms with Gasteiger partial charge in [-0.25, -0.2) is 0 Å². The van der Waals surface area contributed by atoms with Crippen LogP contribution < -0.4 is 5.32 Å². The van der Waals surface area contributed by atoms with Gasteiger partial charge in [0.25, 0.3) is 0 Å². The highest BCUT2D eigenvalue weighted by atomic mass is 16.6. The van der Waals surface area contributed by atoms with Gasteiger partial charge in [-0.15, -0.1) is 0 Å². The lowest BCUT2D eigenvalue weighted by Gasteiger charge is -2.34.